The van der Waals surface area contributed by atoms with Gasteiger partial charge in [0.05, 0.1) is 70.7 Å². The van der Waals surface area contributed by atoms with Crippen molar-refractivity contribution >= 4 is 5.97 Å². The summed E-state index contributed by atoms with van der Waals surface area (Å²) in [5, 5.41) is 211. The maximum atomic E-state index is 15.8. The largest absolute Gasteiger partial charge is 0.432 e. The molecule has 0 bridgehead atoms. The molecule has 7 aliphatic heterocycles. The Bertz CT molecular complexity index is 2900. The molecule has 12 aliphatic rings. The van der Waals surface area contributed by atoms with E-state index in [1.54, 1.807) is 0 Å². The maximum Gasteiger partial charge on any atom is 0.317 e. The van der Waals surface area contributed by atoms with Crippen molar-refractivity contribution in [3.8, 4) is 0 Å². The van der Waals surface area contributed by atoms with Crippen molar-refractivity contribution in [2.24, 2.45) is 50.2 Å². The number of allylic oxidation sites excluding steroid dienone is 2. The number of carbonyl (C=O) groups excluding carboxylic acids is 1. The van der Waals surface area contributed by atoms with Gasteiger partial charge in [0.25, 0.3) is 0 Å². The number of fused-ring (bicyclic) bond motifs is 7. The molecule has 34 nitrogen and oxygen atoms in total. The van der Waals surface area contributed by atoms with Crippen LogP contribution in [0.2, 0.25) is 0 Å². The number of aliphatic hydroxyl groups excluding tert-OH is 18. The lowest BCUT2D eigenvalue weighted by Gasteiger charge is -2.72. The molecule has 0 aromatic heterocycles. The zero-order valence-electron chi connectivity index (χ0n) is 57.9. The summed E-state index contributed by atoms with van der Waals surface area (Å²) in [4.78, 5) is 15.8. The minimum absolute atomic E-state index is 0.0948. The van der Waals surface area contributed by atoms with E-state index >= 15 is 4.79 Å². The molecule has 7 heterocycles. The lowest BCUT2D eigenvalue weighted by Crippen LogP contribution is -2.70. The van der Waals surface area contributed by atoms with Crippen LogP contribution in [0.4, 0.5) is 0 Å². The van der Waals surface area contributed by atoms with E-state index in [9.17, 15) is 97.0 Å². The first-order valence-electron chi connectivity index (χ1n) is 35.4. The summed E-state index contributed by atoms with van der Waals surface area (Å²) in [5.74, 6) is -1.78. The molecular formula is C67H108O34. The second-order valence-corrected chi connectivity index (χ2v) is 32.9. The van der Waals surface area contributed by atoms with Gasteiger partial charge in [-0.25, -0.2) is 0 Å². The lowest BCUT2D eigenvalue weighted by molar-refractivity contribution is -0.386. The van der Waals surface area contributed by atoms with Gasteiger partial charge in [-0.2, -0.15) is 0 Å². The Hall–Kier alpha value is -2.07. The summed E-state index contributed by atoms with van der Waals surface area (Å²) in [5.41, 5.74) is -6.06. The molecule has 101 heavy (non-hydrogen) atoms. The van der Waals surface area contributed by atoms with Crippen molar-refractivity contribution < 1.29 is 168 Å². The fourth-order valence-corrected chi connectivity index (χ4v) is 19.7. The Kier molecular flexibility index (Phi) is 22.6. The predicted molar refractivity (Wildman–Crippen MR) is 332 cm³/mol. The lowest BCUT2D eigenvalue weighted by atomic mass is 9.33. The monoisotopic (exact) mass is 1460 g/mol. The number of hydrogen-bond acceptors (Lipinski definition) is 34. The van der Waals surface area contributed by atoms with Crippen LogP contribution in [0.5, 0.6) is 0 Å². The van der Waals surface area contributed by atoms with Gasteiger partial charge >= 0.3 is 5.97 Å². The molecule has 4 saturated carbocycles. The number of hydrogen-bond donors (Lipinski definition) is 19. The van der Waals surface area contributed by atoms with Crippen LogP contribution < -0.4 is 0 Å². The Morgan fingerprint density at radius 3 is 1.72 bits per heavy atom. The van der Waals surface area contributed by atoms with Crippen molar-refractivity contribution in [3.63, 3.8) is 0 Å². The number of carbonyl (C=O) groups is 1. The molecule has 19 N–H and O–H groups in total. The Labute approximate surface area is 583 Å². The Morgan fingerprint density at radius 1 is 0.515 bits per heavy atom. The number of rotatable bonds is 16. The minimum Gasteiger partial charge on any atom is -0.432 e. The van der Waals surface area contributed by atoms with Gasteiger partial charge in [0.15, 0.2) is 43.8 Å². The van der Waals surface area contributed by atoms with Crippen LogP contribution in [-0.4, -0.2) is 345 Å². The van der Waals surface area contributed by atoms with E-state index in [4.69, 9.17) is 66.3 Å². The predicted octanol–water partition coefficient (Wildman–Crippen LogP) is -6.40. The SMILES string of the molecule is C[C@@H]1O[C@@H](O[C@H]2[C@H](OC(=O)[C@]34CCC(C)(C)C[C@H]3C3=CC[C@@H]5[C@@]6(C)C[C@H](O)[C@H](O[C@@H]7O[C@H](CO[C@@H]8OC[C@H](O)[C@H](O)[C@H]8O)[C@@H](O)[C@H](O)[C@H]7O)C(C)(C)[C@@H]6CC[C@@]5(C)[C@]3(C)C[C@H]4O)OC[C@@H](O)[C@@H]2O)[C@H](O)[C@H](O[C@@H]2OC[C@](O)(CO)[C@H]2O)[C@H]1O[C@@H]1OC[C@H](O)[C@H](O[C@@H]2OC[C@@H](O)[C@H](O)[C@H]2O)[C@H]1O. The molecule has 0 amide bonds. The minimum atomic E-state index is -2.25. The van der Waals surface area contributed by atoms with E-state index < -0.39 is 275 Å². The molecule has 34 heteroatoms. The topological polar surface area (TPSA) is 531 Å². The van der Waals surface area contributed by atoms with E-state index in [1.807, 2.05) is 13.8 Å². The molecule has 12 rings (SSSR count). The van der Waals surface area contributed by atoms with Gasteiger partial charge < -0.3 is 163 Å². The van der Waals surface area contributed by atoms with Crippen LogP contribution in [-0.2, 0) is 71.1 Å². The highest BCUT2D eigenvalue weighted by Crippen LogP contribution is 2.76. The van der Waals surface area contributed by atoms with Gasteiger partial charge in [0.1, 0.15) is 127 Å². The van der Waals surface area contributed by atoms with Crippen molar-refractivity contribution in [1.82, 2.24) is 0 Å². The van der Waals surface area contributed by atoms with E-state index in [0.717, 1.165) is 5.57 Å². The number of aliphatic hydroxyl groups is 19. The summed E-state index contributed by atoms with van der Waals surface area (Å²) < 4.78 is 83.2. The third kappa shape index (κ3) is 13.5. The molecule has 0 aromatic carbocycles. The van der Waals surface area contributed by atoms with Gasteiger partial charge in [0.2, 0.25) is 6.29 Å². The standard InChI is InChI=1S/C67H108O34/c1-25-47(96-55-45(83)48(32(73)21-90-55)97-54-43(81)38(76)30(71)19-89-54)49(98-59-51(85)66(87,23-68)24-93-59)46(84)57(94-25)99-50-39(77)31(72)20-91-58(50)101-60(86)67-14-13-61(2,3)15-27(67)26-9-10-35-63(6)16-28(69)52(62(4,5)34(63)11-12-64(35,7)65(26,8)17-36(67)74)100-56-44(82)41(79)40(78)33(95-56)22-92-53-42(80)37(75)29(70)18-88-53/h9,25,27-59,68-85,87H,10-24H2,1-8H3/t25-,27-,28-,29-,30+,31+,32-,33+,34-,35+,36+,37-,38-,39-,40+,41-,42+,43+,44+,45+,46+,47-,48-,49-,50+,51-,52-,53-,54-,55-,56-,57-,58-,59-,63-,64+,65+,66+,67+/m0/s1. The number of ether oxygens (including phenoxy) is 14. The molecular weight excluding hydrogens is 1350 g/mol. The average molecular weight is 1460 g/mol. The van der Waals surface area contributed by atoms with Crippen LogP contribution in [0.3, 0.4) is 0 Å². The molecule has 39 atom stereocenters. The van der Waals surface area contributed by atoms with Gasteiger partial charge in [-0.3, -0.25) is 4.79 Å². The van der Waals surface area contributed by atoms with E-state index in [-0.39, 0.29) is 43.1 Å². The summed E-state index contributed by atoms with van der Waals surface area (Å²) in [6.45, 7) is 12.0. The second-order valence-electron chi connectivity index (χ2n) is 32.9. The molecule has 0 radical (unpaired) electrons. The van der Waals surface area contributed by atoms with Crippen molar-refractivity contribution in [3.05, 3.63) is 11.6 Å². The zero-order valence-corrected chi connectivity index (χ0v) is 57.9. The second kappa shape index (κ2) is 29.1. The first-order valence-corrected chi connectivity index (χ1v) is 35.4. The first-order chi connectivity index (χ1) is 47.3. The molecule has 0 unspecified atom stereocenters. The van der Waals surface area contributed by atoms with Crippen LogP contribution in [0.1, 0.15) is 107 Å². The smallest absolute Gasteiger partial charge is 0.317 e. The molecule has 5 aliphatic carbocycles. The quantitative estimate of drug-likeness (QED) is 0.0388. The average Bonchev–Trinajstić information content (AvgIpc) is 0.907. The highest BCUT2D eigenvalue weighted by atomic mass is 16.8. The Morgan fingerprint density at radius 2 is 1.07 bits per heavy atom. The number of esters is 1. The van der Waals surface area contributed by atoms with Crippen LogP contribution in [0.25, 0.3) is 0 Å². The first kappa shape index (κ1) is 78.5. The Balaban J connectivity index is 0.767. The summed E-state index contributed by atoms with van der Waals surface area (Å²) >= 11 is 0. The summed E-state index contributed by atoms with van der Waals surface area (Å²) in [7, 11) is 0. The van der Waals surface area contributed by atoms with Gasteiger partial charge in [0, 0.05) is 0 Å². The van der Waals surface area contributed by atoms with E-state index in [0.29, 0.717) is 32.1 Å². The molecule has 11 fully saturated rings. The van der Waals surface area contributed by atoms with Crippen LogP contribution in [0.15, 0.2) is 11.6 Å². The normalized spacial score (nSPS) is 55.1. The molecule has 0 spiro atoms. The van der Waals surface area contributed by atoms with Crippen molar-refractivity contribution in [1.29, 1.82) is 0 Å². The van der Waals surface area contributed by atoms with Gasteiger partial charge in [-0.1, -0.05) is 60.1 Å². The third-order valence-electron chi connectivity index (χ3n) is 25.8. The molecule has 580 valence electrons. The zero-order chi connectivity index (χ0) is 73.5. The van der Waals surface area contributed by atoms with Crippen LogP contribution >= 0.6 is 0 Å². The highest BCUT2D eigenvalue weighted by Gasteiger charge is 2.73. The molecule has 0 aromatic rings. The van der Waals surface area contributed by atoms with E-state index in [2.05, 4.69) is 40.7 Å². The van der Waals surface area contributed by atoms with Gasteiger partial charge in [-0.05, 0) is 103 Å². The fraction of sp³-hybridized carbons (Fsp3) is 0.955. The van der Waals surface area contributed by atoms with Gasteiger partial charge in [-0.15, -0.1) is 0 Å². The van der Waals surface area contributed by atoms with E-state index in [1.165, 1.54) is 6.92 Å². The fourth-order valence-electron chi connectivity index (χ4n) is 19.7. The highest BCUT2D eigenvalue weighted by molar-refractivity contribution is 5.80. The summed E-state index contributed by atoms with van der Waals surface area (Å²) in [6.07, 6.45) is -45.9. The van der Waals surface area contributed by atoms with Crippen molar-refractivity contribution in [2.45, 2.75) is 303 Å². The van der Waals surface area contributed by atoms with Crippen LogP contribution in [0, 0.1) is 50.2 Å². The molecule has 7 saturated heterocycles. The van der Waals surface area contributed by atoms with Crippen molar-refractivity contribution in [2.75, 3.05) is 46.2 Å². The third-order valence-corrected chi connectivity index (χ3v) is 25.8. The maximum absolute atomic E-state index is 15.8. The summed E-state index contributed by atoms with van der Waals surface area (Å²) in [6, 6.07) is 0.